The third kappa shape index (κ3) is 59.2. The van der Waals surface area contributed by atoms with Crippen LogP contribution in [-0.4, -0.2) is 74.9 Å². The van der Waals surface area contributed by atoms with E-state index in [0.29, 0.717) is 17.4 Å². The second kappa shape index (κ2) is 55.7. The number of hydrogen-bond acceptors (Lipinski definition) is 7. The Morgan fingerprint density at radius 3 is 1.07 bits per heavy atom. The summed E-state index contributed by atoms with van der Waals surface area (Å²) < 4.78 is 34.6. The molecule has 0 radical (unpaired) electrons. The highest BCUT2D eigenvalue weighted by molar-refractivity contribution is 7.47. The van der Waals surface area contributed by atoms with Crippen molar-refractivity contribution < 1.29 is 42.1 Å². The van der Waals surface area contributed by atoms with Crippen LogP contribution in [0, 0.1) is 0 Å². The van der Waals surface area contributed by atoms with Crippen LogP contribution in [0.4, 0.5) is 0 Å². The van der Waals surface area contributed by atoms with Crippen LogP contribution in [0.2, 0.25) is 0 Å². The molecule has 0 amide bonds. The number of allylic oxidation sites excluding steroid dienone is 8. The van der Waals surface area contributed by atoms with Gasteiger partial charge in [0, 0.05) is 12.8 Å². The summed E-state index contributed by atoms with van der Waals surface area (Å²) in [6, 6.07) is 0. The van der Waals surface area contributed by atoms with Crippen LogP contribution in [0.15, 0.2) is 48.6 Å². The van der Waals surface area contributed by atoms with Gasteiger partial charge in [-0.15, -0.1) is 0 Å². The zero-order valence-electron chi connectivity index (χ0n) is 49.3. The minimum absolute atomic E-state index is 0.0315. The first-order valence-corrected chi connectivity index (χ1v) is 32.9. The molecule has 0 bridgehead atoms. The van der Waals surface area contributed by atoms with Gasteiger partial charge in [-0.1, -0.05) is 255 Å². The fourth-order valence-electron chi connectivity index (χ4n) is 8.96. The van der Waals surface area contributed by atoms with Crippen molar-refractivity contribution >= 4 is 19.8 Å². The molecule has 0 heterocycles. The molecule has 434 valence electrons. The highest BCUT2D eigenvalue weighted by atomic mass is 31.2. The van der Waals surface area contributed by atoms with E-state index >= 15 is 0 Å². The van der Waals surface area contributed by atoms with Crippen molar-refractivity contribution in [3.05, 3.63) is 48.6 Å². The van der Waals surface area contributed by atoms with Gasteiger partial charge in [0.2, 0.25) is 0 Å². The van der Waals surface area contributed by atoms with Gasteiger partial charge in [0.05, 0.1) is 27.7 Å². The topological polar surface area (TPSA) is 108 Å². The molecular weight excluding hydrogens is 942 g/mol. The van der Waals surface area contributed by atoms with Crippen molar-refractivity contribution in [1.29, 1.82) is 0 Å². The number of phosphoric ester groups is 1. The number of ether oxygens (including phenoxy) is 2. The standard InChI is InChI=1S/C64H120NO8P/c1-6-8-10-12-14-16-18-20-22-24-26-28-29-30-31-32-33-34-35-37-39-41-43-45-47-49-51-53-55-57-64(67)73-62(61-72-74(68,69)71-59-58-65(3,4)5)60-70-63(66)56-54-52-50-48-46-44-42-40-38-36-27-25-23-21-19-17-15-13-11-9-7-2/h18-21,24-27,62H,6-17,22-23,28-61H2,1-5H3/p+1/b20-18-,21-19-,26-24-,27-25-. The first-order valence-electron chi connectivity index (χ1n) is 31.4. The summed E-state index contributed by atoms with van der Waals surface area (Å²) in [6.07, 6.45) is 70.4. The number of unbranched alkanes of at least 4 members (excludes halogenated alkanes) is 36. The third-order valence-corrected chi connectivity index (χ3v) is 14.8. The van der Waals surface area contributed by atoms with Crippen molar-refractivity contribution in [3.8, 4) is 0 Å². The summed E-state index contributed by atoms with van der Waals surface area (Å²) in [4.78, 5) is 35.8. The molecule has 2 unspecified atom stereocenters. The Balaban J connectivity index is 4.09. The van der Waals surface area contributed by atoms with Gasteiger partial charge in [-0.2, -0.15) is 0 Å². The highest BCUT2D eigenvalue weighted by Gasteiger charge is 2.27. The number of esters is 2. The number of hydrogen-bond donors (Lipinski definition) is 1. The average Bonchev–Trinajstić information content (AvgIpc) is 3.36. The van der Waals surface area contributed by atoms with Crippen LogP contribution in [0.25, 0.3) is 0 Å². The summed E-state index contributed by atoms with van der Waals surface area (Å²) in [5.41, 5.74) is 0. The number of quaternary nitrogens is 1. The second-order valence-corrected chi connectivity index (χ2v) is 23.9. The van der Waals surface area contributed by atoms with Crippen molar-refractivity contribution in [2.45, 2.75) is 302 Å². The number of carbonyl (C=O) groups is 2. The fraction of sp³-hybridized carbons (Fsp3) is 0.844. The molecule has 0 saturated carbocycles. The SMILES string of the molecule is CCCCCCC/C=C\C/C=C\CCCCCCCCCCCCCCCCCCCC(=O)OC(COC(=O)CCCCCCCCCCC/C=C\C/C=C\CCCCCCC)COP(=O)(O)OCC[N+](C)(C)C. The molecule has 0 saturated heterocycles. The maximum Gasteiger partial charge on any atom is 0.472 e. The maximum absolute atomic E-state index is 12.8. The quantitative estimate of drug-likeness (QED) is 0.0211. The second-order valence-electron chi connectivity index (χ2n) is 22.4. The summed E-state index contributed by atoms with van der Waals surface area (Å²) in [6.45, 7) is 4.45. The Morgan fingerprint density at radius 1 is 0.419 bits per heavy atom. The van der Waals surface area contributed by atoms with Gasteiger partial charge >= 0.3 is 19.8 Å². The molecule has 1 N–H and O–H groups in total. The molecule has 74 heavy (non-hydrogen) atoms. The smallest absolute Gasteiger partial charge is 0.462 e. The van der Waals surface area contributed by atoms with E-state index in [1.165, 1.54) is 218 Å². The van der Waals surface area contributed by atoms with Crippen molar-refractivity contribution in [2.24, 2.45) is 0 Å². The lowest BCUT2D eigenvalue weighted by Crippen LogP contribution is -2.37. The molecule has 0 spiro atoms. The van der Waals surface area contributed by atoms with E-state index in [9.17, 15) is 19.0 Å². The highest BCUT2D eigenvalue weighted by Crippen LogP contribution is 2.43. The van der Waals surface area contributed by atoms with Gasteiger partial charge in [-0.25, -0.2) is 4.57 Å². The van der Waals surface area contributed by atoms with E-state index < -0.39 is 26.5 Å². The predicted octanol–water partition coefficient (Wildman–Crippen LogP) is 19.7. The van der Waals surface area contributed by atoms with Crippen LogP contribution >= 0.6 is 7.82 Å². The maximum atomic E-state index is 12.8. The first kappa shape index (κ1) is 72.0. The number of rotatable bonds is 58. The largest absolute Gasteiger partial charge is 0.472 e. The van der Waals surface area contributed by atoms with Gasteiger partial charge in [0.15, 0.2) is 6.10 Å². The molecule has 10 heteroatoms. The lowest BCUT2D eigenvalue weighted by Gasteiger charge is -2.24. The zero-order valence-corrected chi connectivity index (χ0v) is 50.2. The van der Waals surface area contributed by atoms with Gasteiger partial charge in [-0.3, -0.25) is 18.6 Å². The van der Waals surface area contributed by atoms with E-state index in [1.54, 1.807) is 0 Å². The lowest BCUT2D eigenvalue weighted by atomic mass is 10.0. The summed E-state index contributed by atoms with van der Waals surface area (Å²) in [5.74, 6) is -0.790. The summed E-state index contributed by atoms with van der Waals surface area (Å²) in [5, 5.41) is 0. The van der Waals surface area contributed by atoms with Crippen molar-refractivity contribution in [2.75, 3.05) is 47.5 Å². The predicted molar refractivity (Wildman–Crippen MR) is 317 cm³/mol. The first-order chi connectivity index (χ1) is 36.0. The Hall–Kier alpha value is -2.03. The fourth-order valence-corrected chi connectivity index (χ4v) is 9.70. The van der Waals surface area contributed by atoms with E-state index in [0.717, 1.165) is 44.9 Å². The van der Waals surface area contributed by atoms with Crippen LogP contribution in [0.1, 0.15) is 296 Å². The molecule has 0 fully saturated rings. The lowest BCUT2D eigenvalue weighted by molar-refractivity contribution is -0.870. The van der Waals surface area contributed by atoms with E-state index in [1.807, 2.05) is 21.1 Å². The van der Waals surface area contributed by atoms with Gasteiger partial charge < -0.3 is 18.9 Å². The number of phosphoric acid groups is 1. The van der Waals surface area contributed by atoms with Gasteiger partial charge in [-0.05, 0) is 77.0 Å². The third-order valence-electron chi connectivity index (χ3n) is 13.8. The van der Waals surface area contributed by atoms with Gasteiger partial charge in [0.25, 0.3) is 0 Å². The molecule has 0 rings (SSSR count). The molecule has 0 aromatic heterocycles. The number of nitrogens with zero attached hydrogens (tertiary/aromatic N) is 1. The molecular formula is C64H121NO8P+. The molecule has 0 aromatic rings. The number of likely N-dealkylation sites (N-methyl/N-ethyl adjacent to an activating group) is 1. The molecule has 9 nitrogen and oxygen atoms in total. The summed E-state index contributed by atoms with van der Waals surface area (Å²) in [7, 11) is 1.48. The Bertz CT molecular complexity index is 1390. The molecule has 0 aliphatic carbocycles. The minimum Gasteiger partial charge on any atom is -0.462 e. The zero-order chi connectivity index (χ0) is 54.2. The molecule has 0 aliphatic heterocycles. The molecule has 2 atom stereocenters. The van der Waals surface area contributed by atoms with Gasteiger partial charge in [0.1, 0.15) is 19.8 Å². The van der Waals surface area contributed by atoms with E-state index in [-0.39, 0.29) is 32.0 Å². The van der Waals surface area contributed by atoms with Crippen molar-refractivity contribution in [3.63, 3.8) is 0 Å². The van der Waals surface area contributed by atoms with Crippen LogP contribution in [0.3, 0.4) is 0 Å². The van der Waals surface area contributed by atoms with Crippen LogP contribution in [0.5, 0.6) is 0 Å². The summed E-state index contributed by atoms with van der Waals surface area (Å²) >= 11 is 0. The molecule has 0 aromatic carbocycles. The van der Waals surface area contributed by atoms with Crippen LogP contribution in [-0.2, 0) is 32.7 Å². The minimum atomic E-state index is -4.39. The van der Waals surface area contributed by atoms with Crippen molar-refractivity contribution in [1.82, 2.24) is 0 Å². The molecule has 0 aliphatic rings. The van der Waals surface area contributed by atoms with E-state index in [2.05, 4.69) is 62.5 Å². The van der Waals surface area contributed by atoms with E-state index in [4.69, 9.17) is 18.5 Å². The Kier molecular flexibility index (Phi) is 54.2. The Labute approximate surface area is 458 Å². The Morgan fingerprint density at radius 2 is 0.730 bits per heavy atom. The number of carbonyl (C=O) groups excluding carboxylic acids is 2. The monoisotopic (exact) mass is 1060 g/mol. The normalized spacial score (nSPS) is 13.5. The average molecular weight is 1060 g/mol. The van der Waals surface area contributed by atoms with Crippen LogP contribution < -0.4 is 0 Å².